The normalized spacial score (nSPS) is 15.2. The fourth-order valence-electron chi connectivity index (χ4n) is 3.86. The van der Waals surface area contributed by atoms with E-state index < -0.39 is 42.0 Å². The molecule has 0 aliphatic rings. The Morgan fingerprint density at radius 2 is 1.46 bits per heavy atom. The van der Waals surface area contributed by atoms with E-state index in [-0.39, 0.29) is 24.9 Å². The number of carbonyl (C=O) groups excluding carboxylic acids is 3. The van der Waals surface area contributed by atoms with Gasteiger partial charge in [0.1, 0.15) is 18.7 Å². The number of carbonyl (C=O) groups is 3. The first kappa shape index (κ1) is 30.0. The summed E-state index contributed by atoms with van der Waals surface area (Å²) in [5, 5.41) is 16.0. The third-order valence-corrected chi connectivity index (χ3v) is 6.46. The average molecular weight is 512 g/mol. The van der Waals surface area contributed by atoms with E-state index >= 15 is 0 Å². The van der Waals surface area contributed by atoms with E-state index in [1.54, 1.807) is 0 Å². The first-order chi connectivity index (χ1) is 17.6. The van der Waals surface area contributed by atoms with E-state index in [0.717, 1.165) is 11.1 Å². The molecule has 0 aliphatic carbocycles. The maximum Gasteiger partial charge on any atom is 0.329 e. The first-order valence-electron chi connectivity index (χ1n) is 12.9. The molecule has 202 valence electrons. The van der Waals surface area contributed by atoms with Gasteiger partial charge >= 0.3 is 5.97 Å². The molecule has 2 aromatic carbocycles. The Bertz CT molecular complexity index is 984. The molecule has 2 rings (SSSR count). The van der Waals surface area contributed by atoms with Crippen molar-refractivity contribution in [1.29, 1.82) is 0 Å². The second-order valence-corrected chi connectivity index (χ2v) is 9.88. The van der Waals surface area contributed by atoms with E-state index in [1.165, 1.54) is 0 Å². The molecule has 0 saturated heterocycles. The van der Waals surface area contributed by atoms with Crippen LogP contribution in [0, 0.1) is 11.8 Å². The number of nitrogens with one attached hydrogen (secondary N) is 2. The van der Waals surface area contributed by atoms with Gasteiger partial charge in [0.2, 0.25) is 11.8 Å². The molecule has 8 heteroatoms. The van der Waals surface area contributed by atoms with E-state index in [0.29, 0.717) is 12.8 Å². The molecule has 0 spiro atoms. The van der Waals surface area contributed by atoms with E-state index in [9.17, 15) is 19.5 Å². The van der Waals surface area contributed by atoms with Crippen LogP contribution in [0.15, 0.2) is 60.7 Å². The van der Waals surface area contributed by atoms with Gasteiger partial charge in [0, 0.05) is 6.04 Å². The molecule has 0 saturated carbocycles. The molecule has 5 atom stereocenters. The van der Waals surface area contributed by atoms with Crippen LogP contribution < -0.4 is 16.4 Å². The van der Waals surface area contributed by atoms with E-state index in [1.807, 2.05) is 88.4 Å². The van der Waals surface area contributed by atoms with Gasteiger partial charge in [-0.1, -0.05) is 94.8 Å². The summed E-state index contributed by atoms with van der Waals surface area (Å²) in [7, 11) is 0. The van der Waals surface area contributed by atoms with Gasteiger partial charge in [-0.05, 0) is 29.4 Å². The Labute approximate surface area is 220 Å². The Morgan fingerprint density at radius 1 is 0.892 bits per heavy atom. The van der Waals surface area contributed by atoms with Crippen molar-refractivity contribution in [2.75, 3.05) is 0 Å². The Morgan fingerprint density at radius 3 is 2.00 bits per heavy atom. The number of ether oxygens (including phenoxy) is 1. The lowest BCUT2D eigenvalue weighted by Crippen LogP contribution is -2.56. The van der Waals surface area contributed by atoms with Gasteiger partial charge in [-0.15, -0.1) is 0 Å². The monoisotopic (exact) mass is 511 g/mol. The summed E-state index contributed by atoms with van der Waals surface area (Å²) < 4.78 is 5.44. The summed E-state index contributed by atoms with van der Waals surface area (Å²) in [6, 6.07) is 16.4. The van der Waals surface area contributed by atoms with Crippen LogP contribution in [0.3, 0.4) is 0 Å². The van der Waals surface area contributed by atoms with Crippen LogP contribution >= 0.6 is 0 Å². The summed E-state index contributed by atoms with van der Waals surface area (Å²) in [6.45, 7) is 7.49. The highest BCUT2D eigenvalue weighted by molar-refractivity contribution is 5.91. The third kappa shape index (κ3) is 9.98. The minimum Gasteiger partial charge on any atom is -0.459 e. The van der Waals surface area contributed by atoms with Crippen molar-refractivity contribution < 1.29 is 24.2 Å². The van der Waals surface area contributed by atoms with Crippen molar-refractivity contribution in [2.45, 2.75) is 77.8 Å². The summed E-state index contributed by atoms with van der Waals surface area (Å²) in [5.74, 6) is -1.92. The van der Waals surface area contributed by atoms with Crippen LogP contribution in [0.5, 0.6) is 0 Å². The molecular weight excluding hydrogens is 470 g/mol. The molecular formula is C29H41N3O5. The molecule has 0 unspecified atom stereocenters. The number of esters is 1. The Hall–Kier alpha value is -3.23. The predicted molar refractivity (Wildman–Crippen MR) is 143 cm³/mol. The minimum atomic E-state index is -1.07. The zero-order chi connectivity index (χ0) is 27.4. The lowest BCUT2D eigenvalue weighted by molar-refractivity contribution is -0.150. The van der Waals surface area contributed by atoms with Crippen molar-refractivity contribution in [2.24, 2.45) is 17.6 Å². The van der Waals surface area contributed by atoms with Crippen LogP contribution in [0.25, 0.3) is 0 Å². The number of hydrogen-bond donors (Lipinski definition) is 4. The molecule has 0 bridgehead atoms. The van der Waals surface area contributed by atoms with Gasteiger partial charge in [-0.3, -0.25) is 9.59 Å². The second kappa shape index (κ2) is 15.1. The highest BCUT2D eigenvalue weighted by Crippen LogP contribution is 2.13. The molecule has 8 nitrogen and oxygen atoms in total. The zero-order valence-corrected chi connectivity index (χ0v) is 22.2. The predicted octanol–water partition coefficient (Wildman–Crippen LogP) is 2.72. The van der Waals surface area contributed by atoms with Crippen molar-refractivity contribution in [3.05, 3.63) is 71.8 Å². The average Bonchev–Trinajstić information content (AvgIpc) is 2.89. The number of aliphatic hydroxyl groups is 1. The molecule has 37 heavy (non-hydrogen) atoms. The maximum atomic E-state index is 13.2. The quantitative estimate of drug-likeness (QED) is 0.289. The number of rotatable bonds is 14. The zero-order valence-electron chi connectivity index (χ0n) is 22.2. The topological polar surface area (TPSA) is 131 Å². The summed E-state index contributed by atoms with van der Waals surface area (Å²) >= 11 is 0. The molecule has 0 fully saturated rings. The molecule has 2 aromatic rings. The number of aliphatic hydroxyl groups excluding tert-OH is 1. The largest absolute Gasteiger partial charge is 0.459 e. The second-order valence-electron chi connectivity index (χ2n) is 9.88. The van der Waals surface area contributed by atoms with Gasteiger partial charge in [-0.25, -0.2) is 4.79 Å². The molecule has 0 radical (unpaired) electrons. The van der Waals surface area contributed by atoms with Gasteiger partial charge < -0.3 is 26.2 Å². The molecule has 5 N–H and O–H groups in total. The van der Waals surface area contributed by atoms with E-state index in [2.05, 4.69) is 10.6 Å². The smallest absolute Gasteiger partial charge is 0.329 e. The van der Waals surface area contributed by atoms with Crippen LogP contribution in [0.2, 0.25) is 0 Å². The summed E-state index contributed by atoms with van der Waals surface area (Å²) in [6.07, 6.45) is -0.261. The van der Waals surface area contributed by atoms with Crippen LogP contribution in [-0.4, -0.2) is 47.1 Å². The van der Waals surface area contributed by atoms with Gasteiger partial charge in [0.25, 0.3) is 0 Å². The number of nitrogens with two attached hydrogens (primary N) is 1. The number of benzene rings is 2. The van der Waals surface area contributed by atoms with Crippen molar-refractivity contribution in [3.63, 3.8) is 0 Å². The van der Waals surface area contributed by atoms with Crippen molar-refractivity contribution in [1.82, 2.24) is 10.6 Å². The standard InChI is InChI=1S/C29H41N3O5/c1-5-20(4)27(31-25(34)17-24(33)23(30)16-21-12-8-6-9-13-21)28(35)32-26(19(2)3)29(36)37-18-22-14-10-7-11-15-22/h6-15,19-20,23-24,26-27,33H,5,16-18,30H2,1-4H3,(H,31,34)(H,32,35)/t20-,23-,24-,26-,27-/m0/s1. The van der Waals surface area contributed by atoms with Crippen molar-refractivity contribution in [3.8, 4) is 0 Å². The third-order valence-electron chi connectivity index (χ3n) is 6.46. The molecule has 0 heterocycles. The molecule has 2 amide bonds. The van der Waals surface area contributed by atoms with E-state index in [4.69, 9.17) is 10.5 Å². The Kier molecular flexibility index (Phi) is 12.3. The lowest BCUT2D eigenvalue weighted by atomic mass is 9.95. The van der Waals surface area contributed by atoms with Crippen LogP contribution in [0.4, 0.5) is 0 Å². The maximum absolute atomic E-state index is 13.2. The first-order valence-corrected chi connectivity index (χ1v) is 12.9. The number of amides is 2. The Balaban J connectivity index is 1.98. The molecule has 0 aromatic heterocycles. The van der Waals surface area contributed by atoms with Gasteiger partial charge in [0.05, 0.1) is 12.5 Å². The fourth-order valence-corrected chi connectivity index (χ4v) is 3.86. The van der Waals surface area contributed by atoms with Gasteiger partial charge in [-0.2, -0.15) is 0 Å². The van der Waals surface area contributed by atoms with Crippen LogP contribution in [0.1, 0.15) is 51.7 Å². The number of hydrogen-bond acceptors (Lipinski definition) is 6. The molecule has 0 aliphatic heterocycles. The summed E-state index contributed by atoms with van der Waals surface area (Å²) in [5.41, 5.74) is 7.93. The fraction of sp³-hybridized carbons (Fsp3) is 0.483. The SMILES string of the molecule is CC[C@H](C)[C@H](NC(=O)C[C@H](O)[C@@H](N)Cc1ccccc1)C(=O)N[C@H](C(=O)OCc1ccccc1)C(C)C. The summed E-state index contributed by atoms with van der Waals surface area (Å²) in [4.78, 5) is 38.7. The van der Waals surface area contributed by atoms with Crippen molar-refractivity contribution >= 4 is 17.8 Å². The van der Waals surface area contributed by atoms with Gasteiger partial charge in [0.15, 0.2) is 0 Å². The minimum absolute atomic E-state index is 0.103. The highest BCUT2D eigenvalue weighted by atomic mass is 16.5. The lowest BCUT2D eigenvalue weighted by Gasteiger charge is -2.28. The van der Waals surface area contributed by atoms with Crippen LogP contribution in [-0.2, 0) is 32.1 Å². The highest BCUT2D eigenvalue weighted by Gasteiger charge is 2.32.